The Morgan fingerprint density at radius 3 is 2.81 bits per heavy atom. The number of nitro groups is 1. The summed E-state index contributed by atoms with van der Waals surface area (Å²) < 4.78 is 6.70. The second-order valence-electron chi connectivity index (χ2n) is 6.97. The van der Waals surface area contributed by atoms with Gasteiger partial charge >= 0.3 is 5.82 Å². The fraction of sp³-hybridized carbons (Fsp3) is 0.588. The molecule has 0 saturated heterocycles. The van der Waals surface area contributed by atoms with Gasteiger partial charge in [-0.1, -0.05) is 24.9 Å². The molecule has 1 amide bonds. The van der Waals surface area contributed by atoms with E-state index in [0.717, 1.165) is 19.3 Å². The molecular formula is C17H23N5O4. The van der Waals surface area contributed by atoms with Crippen LogP contribution in [-0.2, 0) is 6.54 Å². The van der Waals surface area contributed by atoms with Gasteiger partial charge in [-0.25, -0.2) is 0 Å². The van der Waals surface area contributed by atoms with Crippen molar-refractivity contribution >= 4 is 11.7 Å². The van der Waals surface area contributed by atoms with E-state index < -0.39 is 4.92 Å². The van der Waals surface area contributed by atoms with E-state index >= 15 is 0 Å². The summed E-state index contributed by atoms with van der Waals surface area (Å²) in [6, 6.07) is 1.53. The zero-order chi connectivity index (χ0) is 18.8. The topological polar surface area (TPSA) is 116 Å². The van der Waals surface area contributed by atoms with Crippen molar-refractivity contribution < 1.29 is 14.2 Å². The first-order chi connectivity index (χ1) is 12.4. The van der Waals surface area contributed by atoms with Crippen LogP contribution < -0.4 is 5.32 Å². The second-order valence-corrected chi connectivity index (χ2v) is 6.97. The summed E-state index contributed by atoms with van der Waals surface area (Å²) in [6.45, 7) is 5.78. The Labute approximate surface area is 150 Å². The minimum absolute atomic E-state index is 0.133. The number of aryl methyl sites for hydroxylation is 2. The molecule has 2 atom stereocenters. The van der Waals surface area contributed by atoms with Gasteiger partial charge in [0.05, 0.1) is 29.0 Å². The van der Waals surface area contributed by atoms with Crippen LogP contribution >= 0.6 is 0 Å². The molecule has 1 fully saturated rings. The fourth-order valence-electron chi connectivity index (χ4n) is 3.41. The highest BCUT2D eigenvalue weighted by atomic mass is 16.6. The van der Waals surface area contributed by atoms with Crippen LogP contribution in [-0.4, -0.2) is 31.8 Å². The van der Waals surface area contributed by atoms with Gasteiger partial charge in [0.1, 0.15) is 5.76 Å². The maximum atomic E-state index is 12.7. The molecule has 2 aromatic rings. The molecule has 0 aliphatic heterocycles. The zero-order valence-corrected chi connectivity index (χ0v) is 15.2. The number of nitrogens with zero attached hydrogens (tertiary/aromatic N) is 4. The van der Waals surface area contributed by atoms with Crippen molar-refractivity contribution in [1.82, 2.24) is 20.3 Å². The van der Waals surface area contributed by atoms with Crippen LogP contribution in [0.3, 0.4) is 0 Å². The molecule has 0 spiro atoms. The lowest BCUT2D eigenvalue weighted by Gasteiger charge is -2.29. The Morgan fingerprint density at radius 2 is 2.15 bits per heavy atom. The van der Waals surface area contributed by atoms with Crippen LogP contribution in [0.25, 0.3) is 0 Å². The monoisotopic (exact) mass is 361 g/mol. The number of hydrogen-bond acceptors (Lipinski definition) is 6. The molecule has 3 rings (SSSR count). The van der Waals surface area contributed by atoms with Gasteiger partial charge in [0.2, 0.25) is 0 Å². The minimum atomic E-state index is -0.540. The third kappa shape index (κ3) is 3.61. The summed E-state index contributed by atoms with van der Waals surface area (Å²) in [6.07, 6.45) is 4.37. The number of carbonyl (C=O) groups is 1. The number of hydrogen-bond donors (Lipinski definition) is 1. The third-order valence-corrected chi connectivity index (χ3v) is 5.09. The maximum absolute atomic E-state index is 12.7. The van der Waals surface area contributed by atoms with Crippen molar-refractivity contribution in [2.75, 3.05) is 0 Å². The molecule has 0 bridgehead atoms. The molecule has 0 radical (unpaired) electrons. The number of carbonyl (C=O) groups excluding carboxylic acids is 1. The molecule has 1 N–H and O–H groups in total. The summed E-state index contributed by atoms with van der Waals surface area (Å²) >= 11 is 0. The van der Waals surface area contributed by atoms with Crippen LogP contribution in [0.5, 0.6) is 0 Å². The quantitative estimate of drug-likeness (QED) is 0.646. The van der Waals surface area contributed by atoms with E-state index in [-0.39, 0.29) is 30.0 Å². The van der Waals surface area contributed by atoms with E-state index in [1.165, 1.54) is 17.2 Å². The number of rotatable bonds is 5. The maximum Gasteiger partial charge on any atom is 0.390 e. The van der Waals surface area contributed by atoms with E-state index in [2.05, 4.69) is 22.5 Å². The normalized spacial score (nSPS) is 20.1. The summed E-state index contributed by atoms with van der Waals surface area (Å²) in [4.78, 5) is 23.1. The molecule has 2 unspecified atom stereocenters. The first kappa shape index (κ1) is 18.1. The summed E-state index contributed by atoms with van der Waals surface area (Å²) in [5, 5.41) is 21.8. The van der Waals surface area contributed by atoms with Gasteiger partial charge in [0.15, 0.2) is 5.69 Å². The van der Waals surface area contributed by atoms with Crippen LogP contribution in [0.2, 0.25) is 0 Å². The van der Waals surface area contributed by atoms with Gasteiger partial charge in [-0.2, -0.15) is 4.68 Å². The molecule has 26 heavy (non-hydrogen) atoms. The van der Waals surface area contributed by atoms with Crippen molar-refractivity contribution in [3.8, 4) is 0 Å². The molecule has 0 aromatic carbocycles. The lowest BCUT2D eigenvalue weighted by atomic mass is 9.86. The lowest BCUT2D eigenvalue weighted by Crippen LogP contribution is -2.41. The molecule has 9 nitrogen and oxygen atoms in total. The van der Waals surface area contributed by atoms with Crippen LogP contribution in [0.4, 0.5) is 5.82 Å². The Balaban J connectivity index is 1.80. The van der Waals surface area contributed by atoms with Gasteiger partial charge in [-0.15, -0.1) is 0 Å². The first-order valence-corrected chi connectivity index (χ1v) is 8.81. The van der Waals surface area contributed by atoms with Crippen molar-refractivity contribution in [3.63, 3.8) is 0 Å². The largest absolute Gasteiger partial charge is 0.390 e. The SMILES string of the molecule is Cc1onc(C(=O)NC2CCCCC2C)c1Cn1nc([N+](=O)[O-])cc1C. The average molecular weight is 361 g/mol. The van der Waals surface area contributed by atoms with Crippen molar-refractivity contribution in [2.45, 2.75) is 59.0 Å². The standard InChI is InChI=1S/C17H23N5O4/c1-10-6-4-5-7-14(10)18-17(23)16-13(12(3)26-20-16)9-21-11(2)8-15(19-21)22(24)25/h8,10,14H,4-7,9H2,1-3H3,(H,18,23). The predicted molar refractivity (Wildman–Crippen MR) is 92.8 cm³/mol. The zero-order valence-electron chi connectivity index (χ0n) is 15.2. The fourth-order valence-corrected chi connectivity index (χ4v) is 3.41. The van der Waals surface area contributed by atoms with Crippen molar-refractivity contribution in [1.29, 1.82) is 0 Å². The predicted octanol–water partition coefficient (Wildman–Crippen LogP) is 2.75. The Morgan fingerprint density at radius 1 is 1.42 bits per heavy atom. The van der Waals surface area contributed by atoms with Gasteiger partial charge < -0.3 is 20.0 Å². The second kappa shape index (κ2) is 7.27. The molecule has 2 heterocycles. The Hall–Kier alpha value is -2.71. The summed E-state index contributed by atoms with van der Waals surface area (Å²) in [5.74, 6) is 0.443. The van der Waals surface area contributed by atoms with Gasteiger partial charge in [0, 0.05) is 6.04 Å². The summed E-state index contributed by atoms with van der Waals surface area (Å²) in [7, 11) is 0. The number of aromatic nitrogens is 3. The van der Waals surface area contributed by atoms with E-state index in [1.807, 2.05) is 0 Å². The minimum Gasteiger partial charge on any atom is -0.361 e. The van der Waals surface area contributed by atoms with Crippen LogP contribution in [0, 0.1) is 29.9 Å². The van der Waals surface area contributed by atoms with Gasteiger partial charge in [-0.05, 0) is 37.5 Å². The number of nitrogens with one attached hydrogen (secondary N) is 1. The van der Waals surface area contributed by atoms with Gasteiger partial charge in [0.25, 0.3) is 5.91 Å². The lowest BCUT2D eigenvalue weighted by molar-refractivity contribution is -0.389. The average Bonchev–Trinajstić information content (AvgIpc) is 3.14. The molecule has 1 saturated carbocycles. The van der Waals surface area contributed by atoms with Crippen LogP contribution in [0.15, 0.2) is 10.6 Å². The highest BCUT2D eigenvalue weighted by Gasteiger charge is 2.28. The number of amides is 1. The van der Waals surface area contributed by atoms with E-state index in [4.69, 9.17) is 4.52 Å². The van der Waals surface area contributed by atoms with Crippen molar-refractivity contribution in [2.24, 2.45) is 5.92 Å². The summed E-state index contributed by atoms with van der Waals surface area (Å²) in [5.41, 5.74) is 1.44. The highest BCUT2D eigenvalue weighted by molar-refractivity contribution is 5.94. The Kier molecular flexibility index (Phi) is 5.06. The van der Waals surface area contributed by atoms with E-state index in [1.54, 1.807) is 13.8 Å². The van der Waals surface area contributed by atoms with Gasteiger partial charge in [-0.3, -0.25) is 4.79 Å². The molecule has 1 aliphatic rings. The first-order valence-electron chi connectivity index (χ1n) is 8.81. The molecular weight excluding hydrogens is 338 g/mol. The Bertz CT molecular complexity index is 825. The molecule has 1 aliphatic carbocycles. The molecule has 140 valence electrons. The highest BCUT2D eigenvalue weighted by Crippen LogP contribution is 2.25. The molecule has 9 heteroatoms. The van der Waals surface area contributed by atoms with Crippen LogP contribution in [0.1, 0.15) is 60.1 Å². The van der Waals surface area contributed by atoms with Crippen molar-refractivity contribution in [3.05, 3.63) is 38.9 Å². The smallest absolute Gasteiger partial charge is 0.361 e. The molecule has 2 aromatic heterocycles. The van der Waals surface area contributed by atoms with E-state index in [9.17, 15) is 14.9 Å². The van der Waals surface area contributed by atoms with E-state index in [0.29, 0.717) is 22.9 Å². The third-order valence-electron chi connectivity index (χ3n) is 5.09.